The molecule has 0 atom stereocenters. The van der Waals surface area contributed by atoms with Gasteiger partial charge < -0.3 is 10.1 Å². The number of esters is 1. The third-order valence-corrected chi connectivity index (χ3v) is 3.20. The minimum Gasteiger partial charge on any atom is -0.465 e. The third-order valence-electron chi connectivity index (χ3n) is 2.96. The van der Waals surface area contributed by atoms with Crippen LogP contribution in [0.4, 0.5) is 11.4 Å². The SMILES string of the molecule is COC(=O)c1ccc(NC(=O)c2ccc(Cl)cc2[N+](=O)[O-])cc1. The number of nitrogens with one attached hydrogen (secondary N) is 1. The van der Waals surface area contributed by atoms with Gasteiger partial charge in [0.15, 0.2) is 0 Å². The number of carbonyl (C=O) groups excluding carboxylic acids is 2. The predicted octanol–water partition coefficient (Wildman–Crippen LogP) is 3.29. The first kappa shape index (κ1) is 16.4. The number of nitro benzene ring substituents is 1. The maximum absolute atomic E-state index is 12.2. The molecule has 7 nitrogen and oxygen atoms in total. The Morgan fingerprint density at radius 2 is 1.83 bits per heavy atom. The van der Waals surface area contributed by atoms with Gasteiger partial charge in [-0.15, -0.1) is 0 Å². The summed E-state index contributed by atoms with van der Waals surface area (Å²) in [5.74, 6) is -1.16. The number of rotatable bonds is 4. The van der Waals surface area contributed by atoms with E-state index in [0.29, 0.717) is 11.3 Å². The van der Waals surface area contributed by atoms with E-state index < -0.39 is 16.8 Å². The van der Waals surface area contributed by atoms with Crippen LogP contribution in [-0.2, 0) is 4.74 Å². The van der Waals surface area contributed by atoms with Gasteiger partial charge in [-0.2, -0.15) is 0 Å². The lowest BCUT2D eigenvalue weighted by molar-refractivity contribution is -0.385. The van der Waals surface area contributed by atoms with E-state index in [1.807, 2.05) is 0 Å². The van der Waals surface area contributed by atoms with E-state index in [1.165, 1.54) is 43.5 Å². The van der Waals surface area contributed by atoms with Crippen LogP contribution < -0.4 is 5.32 Å². The van der Waals surface area contributed by atoms with Crippen LogP contribution in [0.15, 0.2) is 42.5 Å². The van der Waals surface area contributed by atoms with E-state index in [4.69, 9.17) is 11.6 Å². The number of nitrogens with zero attached hydrogens (tertiary/aromatic N) is 1. The number of amides is 1. The Labute approximate surface area is 136 Å². The van der Waals surface area contributed by atoms with Gasteiger partial charge in [-0.25, -0.2) is 4.79 Å². The Morgan fingerprint density at radius 1 is 1.17 bits per heavy atom. The molecule has 0 aromatic heterocycles. The zero-order valence-electron chi connectivity index (χ0n) is 11.9. The van der Waals surface area contributed by atoms with Crippen LogP contribution in [0.25, 0.3) is 0 Å². The Kier molecular flexibility index (Phi) is 4.92. The highest BCUT2D eigenvalue weighted by molar-refractivity contribution is 6.31. The molecule has 1 amide bonds. The molecule has 118 valence electrons. The van der Waals surface area contributed by atoms with Crippen molar-refractivity contribution < 1.29 is 19.2 Å². The molecule has 23 heavy (non-hydrogen) atoms. The minimum absolute atomic E-state index is 0.114. The molecule has 0 unspecified atom stereocenters. The molecule has 0 saturated heterocycles. The zero-order valence-corrected chi connectivity index (χ0v) is 12.7. The summed E-state index contributed by atoms with van der Waals surface area (Å²) in [6.07, 6.45) is 0. The molecule has 0 heterocycles. The van der Waals surface area contributed by atoms with Crippen LogP contribution in [0.2, 0.25) is 5.02 Å². The molecule has 0 aliphatic carbocycles. The highest BCUT2D eigenvalue weighted by atomic mass is 35.5. The topological polar surface area (TPSA) is 98.5 Å². The number of benzene rings is 2. The summed E-state index contributed by atoms with van der Waals surface area (Å²) < 4.78 is 4.57. The Hall–Kier alpha value is -2.93. The second-order valence-electron chi connectivity index (χ2n) is 4.44. The van der Waals surface area contributed by atoms with Gasteiger partial charge in [0.25, 0.3) is 11.6 Å². The van der Waals surface area contributed by atoms with Crippen molar-refractivity contribution in [3.8, 4) is 0 Å². The largest absolute Gasteiger partial charge is 0.465 e. The standard InChI is InChI=1S/C15H11ClN2O5/c1-23-15(20)9-2-5-11(6-3-9)17-14(19)12-7-4-10(16)8-13(12)18(21)22/h2-8H,1H3,(H,17,19). The molecular weight excluding hydrogens is 324 g/mol. The maximum atomic E-state index is 12.2. The molecular formula is C15H11ClN2O5. The molecule has 0 bridgehead atoms. The lowest BCUT2D eigenvalue weighted by atomic mass is 10.1. The first-order valence-corrected chi connectivity index (χ1v) is 6.74. The Balaban J connectivity index is 2.22. The van der Waals surface area contributed by atoms with Gasteiger partial charge in [0.1, 0.15) is 5.56 Å². The summed E-state index contributed by atoms with van der Waals surface area (Å²) in [4.78, 5) is 33.8. The quantitative estimate of drug-likeness (QED) is 0.525. The lowest BCUT2D eigenvalue weighted by Gasteiger charge is -2.07. The molecule has 2 rings (SSSR count). The first-order chi connectivity index (χ1) is 10.9. The van der Waals surface area contributed by atoms with Crippen LogP contribution in [0.1, 0.15) is 20.7 Å². The van der Waals surface area contributed by atoms with Crippen LogP contribution >= 0.6 is 11.6 Å². The number of nitro groups is 1. The van der Waals surface area contributed by atoms with E-state index in [1.54, 1.807) is 0 Å². The molecule has 0 aliphatic rings. The molecule has 0 radical (unpaired) electrons. The van der Waals surface area contributed by atoms with E-state index >= 15 is 0 Å². The zero-order chi connectivity index (χ0) is 17.0. The molecule has 2 aromatic carbocycles. The highest BCUT2D eigenvalue weighted by Crippen LogP contribution is 2.24. The minimum atomic E-state index is -0.679. The fourth-order valence-electron chi connectivity index (χ4n) is 1.85. The van der Waals surface area contributed by atoms with Crippen molar-refractivity contribution in [2.24, 2.45) is 0 Å². The number of carbonyl (C=O) groups is 2. The van der Waals surface area contributed by atoms with Gasteiger partial charge in [0.2, 0.25) is 0 Å². The summed E-state index contributed by atoms with van der Waals surface area (Å²) in [6.45, 7) is 0. The van der Waals surface area contributed by atoms with Crippen molar-refractivity contribution in [2.45, 2.75) is 0 Å². The summed E-state index contributed by atoms with van der Waals surface area (Å²) >= 11 is 5.71. The van der Waals surface area contributed by atoms with Crippen molar-refractivity contribution in [1.82, 2.24) is 0 Å². The third kappa shape index (κ3) is 3.83. The van der Waals surface area contributed by atoms with Crippen LogP contribution in [-0.4, -0.2) is 23.9 Å². The first-order valence-electron chi connectivity index (χ1n) is 6.36. The van der Waals surface area contributed by atoms with Gasteiger partial charge in [-0.1, -0.05) is 11.6 Å². The fraction of sp³-hybridized carbons (Fsp3) is 0.0667. The van der Waals surface area contributed by atoms with Crippen LogP contribution in [0, 0.1) is 10.1 Å². The van der Waals surface area contributed by atoms with Gasteiger partial charge in [-0.05, 0) is 36.4 Å². The van der Waals surface area contributed by atoms with Crippen molar-refractivity contribution in [2.75, 3.05) is 12.4 Å². The summed E-state index contributed by atoms with van der Waals surface area (Å²) in [5.41, 5.74) is 0.201. The monoisotopic (exact) mass is 334 g/mol. The molecule has 0 spiro atoms. The molecule has 8 heteroatoms. The summed E-state index contributed by atoms with van der Waals surface area (Å²) in [7, 11) is 1.26. The molecule has 0 fully saturated rings. The van der Waals surface area contributed by atoms with Crippen LogP contribution in [0.3, 0.4) is 0 Å². The normalized spacial score (nSPS) is 10.0. The number of hydrogen-bond donors (Lipinski definition) is 1. The Bertz CT molecular complexity index is 774. The number of ether oxygens (including phenoxy) is 1. The number of methoxy groups -OCH3 is 1. The molecule has 0 saturated carbocycles. The second-order valence-corrected chi connectivity index (χ2v) is 4.88. The predicted molar refractivity (Wildman–Crippen MR) is 83.8 cm³/mol. The maximum Gasteiger partial charge on any atom is 0.337 e. The molecule has 0 aliphatic heterocycles. The number of anilines is 1. The summed E-state index contributed by atoms with van der Waals surface area (Å²) in [5, 5.41) is 13.7. The fourth-order valence-corrected chi connectivity index (χ4v) is 2.02. The molecule has 1 N–H and O–H groups in total. The Morgan fingerprint density at radius 3 is 2.39 bits per heavy atom. The van der Waals surface area contributed by atoms with Crippen molar-refractivity contribution in [3.63, 3.8) is 0 Å². The van der Waals surface area contributed by atoms with Gasteiger partial charge >= 0.3 is 5.97 Å². The van der Waals surface area contributed by atoms with E-state index in [9.17, 15) is 19.7 Å². The van der Waals surface area contributed by atoms with E-state index in [-0.39, 0.29) is 16.3 Å². The van der Waals surface area contributed by atoms with Crippen molar-refractivity contribution in [1.29, 1.82) is 0 Å². The number of halogens is 1. The van der Waals surface area contributed by atoms with Gasteiger partial charge in [0, 0.05) is 16.8 Å². The van der Waals surface area contributed by atoms with Gasteiger partial charge in [-0.3, -0.25) is 14.9 Å². The highest BCUT2D eigenvalue weighted by Gasteiger charge is 2.20. The van der Waals surface area contributed by atoms with E-state index in [2.05, 4.69) is 10.1 Å². The summed E-state index contributed by atoms with van der Waals surface area (Å²) in [6, 6.07) is 9.70. The second kappa shape index (κ2) is 6.89. The average Bonchev–Trinajstić information content (AvgIpc) is 2.54. The van der Waals surface area contributed by atoms with Crippen molar-refractivity contribution in [3.05, 3.63) is 68.7 Å². The van der Waals surface area contributed by atoms with Crippen molar-refractivity contribution >= 4 is 34.9 Å². The van der Waals surface area contributed by atoms with E-state index in [0.717, 1.165) is 6.07 Å². The lowest BCUT2D eigenvalue weighted by Crippen LogP contribution is -2.14. The van der Waals surface area contributed by atoms with Gasteiger partial charge in [0.05, 0.1) is 17.6 Å². The number of hydrogen-bond acceptors (Lipinski definition) is 5. The smallest absolute Gasteiger partial charge is 0.337 e. The molecule has 2 aromatic rings. The van der Waals surface area contributed by atoms with Crippen LogP contribution in [0.5, 0.6) is 0 Å². The average molecular weight is 335 g/mol.